The summed E-state index contributed by atoms with van der Waals surface area (Å²) in [5, 5.41) is 0. The summed E-state index contributed by atoms with van der Waals surface area (Å²) in [6.45, 7) is 13.5. The van der Waals surface area contributed by atoms with Gasteiger partial charge in [0.1, 0.15) is 5.75 Å². The van der Waals surface area contributed by atoms with Gasteiger partial charge in [0.25, 0.3) is 0 Å². The van der Waals surface area contributed by atoms with Crippen LogP contribution < -0.4 is 10.5 Å². The van der Waals surface area contributed by atoms with Crippen molar-refractivity contribution < 1.29 is 4.74 Å². The molecule has 0 amide bonds. The van der Waals surface area contributed by atoms with Crippen LogP contribution >= 0.6 is 0 Å². The molecule has 0 aliphatic heterocycles. The van der Waals surface area contributed by atoms with E-state index in [2.05, 4.69) is 37.8 Å². The lowest BCUT2D eigenvalue weighted by molar-refractivity contribution is 0.189. The van der Waals surface area contributed by atoms with Crippen LogP contribution in [0.3, 0.4) is 0 Å². The predicted octanol–water partition coefficient (Wildman–Crippen LogP) is 3.45. The number of hydrogen-bond acceptors (Lipinski definition) is 3. The molecule has 0 fully saturated rings. The molecule has 3 heteroatoms. The van der Waals surface area contributed by atoms with Crippen LogP contribution in [-0.2, 0) is 0 Å². The highest BCUT2D eigenvalue weighted by Gasteiger charge is 2.18. The first kappa shape index (κ1) is 17.0. The first-order valence-electron chi connectivity index (χ1n) is 7.68. The Morgan fingerprint density at radius 2 is 1.70 bits per heavy atom. The Labute approximate surface area is 124 Å². The molecule has 20 heavy (non-hydrogen) atoms. The highest BCUT2D eigenvalue weighted by Crippen LogP contribution is 2.23. The topological polar surface area (TPSA) is 38.5 Å². The molecule has 0 heterocycles. The average Bonchev–Trinajstić information content (AvgIpc) is 2.39. The maximum absolute atomic E-state index is 6.00. The van der Waals surface area contributed by atoms with Crippen LogP contribution in [0.2, 0.25) is 0 Å². The van der Waals surface area contributed by atoms with Crippen molar-refractivity contribution in [2.24, 2.45) is 11.7 Å². The van der Waals surface area contributed by atoms with Crippen LogP contribution in [0.15, 0.2) is 24.3 Å². The van der Waals surface area contributed by atoms with Crippen molar-refractivity contribution in [3.05, 3.63) is 29.8 Å². The molecule has 1 rings (SSSR count). The van der Waals surface area contributed by atoms with Crippen LogP contribution in [-0.4, -0.2) is 30.6 Å². The fraction of sp³-hybridized carbons (Fsp3) is 0.647. The van der Waals surface area contributed by atoms with Crippen molar-refractivity contribution in [1.29, 1.82) is 0 Å². The van der Waals surface area contributed by atoms with Gasteiger partial charge in [0.15, 0.2) is 0 Å². The number of nitrogens with zero attached hydrogens (tertiary/aromatic N) is 1. The van der Waals surface area contributed by atoms with Crippen molar-refractivity contribution >= 4 is 0 Å². The molecule has 1 aromatic rings. The first-order valence-corrected chi connectivity index (χ1v) is 7.68. The van der Waals surface area contributed by atoms with Gasteiger partial charge < -0.3 is 10.5 Å². The Hall–Kier alpha value is -1.06. The smallest absolute Gasteiger partial charge is 0.119 e. The van der Waals surface area contributed by atoms with Crippen LogP contribution in [0.5, 0.6) is 5.75 Å². The minimum absolute atomic E-state index is 0.208. The standard InChI is InChI=1S/C17H30N2O/c1-6-19(12-13(2)3)17(11-18)15-7-9-16(10-8-15)20-14(4)5/h7-10,13-14,17H,6,11-12,18H2,1-5H3. The normalized spacial score (nSPS) is 13.2. The molecule has 0 saturated carbocycles. The zero-order chi connectivity index (χ0) is 15.1. The zero-order valence-corrected chi connectivity index (χ0v) is 13.6. The molecule has 0 aromatic heterocycles. The molecular formula is C17H30N2O. The summed E-state index contributed by atoms with van der Waals surface area (Å²) < 4.78 is 5.69. The van der Waals surface area contributed by atoms with Crippen molar-refractivity contribution in [2.75, 3.05) is 19.6 Å². The minimum Gasteiger partial charge on any atom is -0.491 e. The third kappa shape index (κ3) is 5.14. The lowest BCUT2D eigenvalue weighted by atomic mass is 10.0. The van der Waals surface area contributed by atoms with Crippen molar-refractivity contribution in [3.63, 3.8) is 0 Å². The molecule has 2 N–H and O–H groups in total. The summed E-state index contributed by atoms with van der Waals surface area (Å²) in [4.78, 5) is 2.45. The van der Waals surface area contributed by atoms with E-state index in [-0.39, 0.29) is 12.1 Å². The van der Waals surface area contributed by atoms with E-state index >= 15 is 0 Å². The van der Waals surface area contributed by atoms with Gasteiger partial charge >= 0.3 is 0 Å². The molecule has 114 valence electrons. The molecule has 0 radical (unpaired) electrons. The number of hydrogen-bond donors (Lipinski definition) is 1. The Morgan fingerprint density at radius 3 is 2.10 bits per heavy atom. The van der Waals surface area contributed by atoms with E-state index in [4.69, 9.17) is 10.5 Å². The van der Waals surface area contributed by atoms with Crippen LogP contribution in [0.4, 0.5) is 0 Å². The fourth-order valence-corrected chi connectivity index (χ4v) is 2.48. The van der Waals surface area contributed by atoms with E-state index in [0.29, 0.717) is 12.5 Å². The SMILES string of the molecule is CCN(CC(C)C)C(CN)c1ccc(OC(C)C)cc1. The highest BCUT2D eigenvalue weighted by atomic mass is 16.5. The fourth-order valence-electron chi connectivity index (χ4n) is 2.48. The molecule has 0 aliphatic carbocycles. The van der Waals surface area contributed by atoms with Crippen LogP contribution in [0.25, 0.3) is 0 Å². The van der Waals surface area contributed by atoms with Gasteiger partial charge in [-0.1, -0.05) is 32.9 Å². The Balaban J connectivity index is 2.83. The van der Waals surface area contributed by atoms with Gasteiger partial charge in [-0.25, -0.2) is 0 Å². The Bertz CT molecular complexity index is 373. The van der Waals surface area contributed by atoms with Gasteiger partial charge in [-0.15, -0.1) is 0 Å². The molecule has 1 unspecified atom stereocenters. The maximum Gasteiger partial charge on any atom is 0.119 e. The Morgan fingerprint density at radius 1 is 1.10 bits per heavy atom. The summed E-state index contributed by atoms with van der Waals surface area (Å²) in [5.74, 6) is 1.57. The molecule has 0 spiro atoms. The molecule has 0 saturated heterocycles. The summed E-state index contributed by atoms with van der Waals surface area (Å²) in [7, 11) is 0. The van der Waals surface area contributed by atoms with Gasteiger partial charge in [0, 0.05) is 19.1 Å². The van der Waals surface area contributed by atoms with Gasteiger partial charge in [0.2, 0.25) is 0 Å². The van der Waals surface area contributed by atoms with E-state index < -0.39 is 0 Å². The summed E-state index contributed by atoms with van der Waals surface area (Å²) in [5.41, 5.74) is 7.27. The second kappa shape index (κ2) is 8.28. The second-order valence-corrected chi connectivity index (χ2v) is 5.97. The van der Waals surface area contributed by atoms with Crippen molar-refractivity contribution in [3.8, 4) is 5.75 Å². The average molecular weight is 278 g/mol. The number of nitrogens with two attached hydrogens (primary N) is 1. The molecule has 3 nitrogen and oxygen atoms in total. The second-order valence-electron chi connectivity index (χ2n) is 5.97. The van der Waals surface area contributed by atoms with Crippen molar-refractivity contribution in [1.82, 2.24) is 4.90 Å². The van der Waals surface area contributed by atoms with E-state index in [0.717, 1.165) is 18.8 Å². The third-order valence-corrected chi connectivity index (χ3v) is 3.31. The molecule has 0 aliphatic rings. The largest absolute Gasteiger partial charge is 0.491 e. The molecule has 1 aromatic carbocycles. The van der Waals surface area contributed by atoms with Crippen molar-refractivity contribution in [2.45, 2.75) is 46.8 Å². The van der Waals surface area contributed by atoms with E-state index in [1.165, 1.54) is 5.56 Å². The monoisotopic (exact) mass is 278 g/mol. The highest BCUT2D eigenvalue weighted by molar-refractivity contribution is 5.29. The van der Waals surface area contributed by atoms with Crippen LogP contribution in [0, 0.1) is 5.92 Å². The summed E-state index contributed by atoms with van der Waals surface area (Å²) >= 11 is 0. The lowest BCUT2D eigenvalue weighted by Gasteiger charge is -2.31. The number of benzene rings is 1. The molecular weight excluding hydrogens is 248 g/mol. The molecule has 1 atom stereocenters. The van der Waals surface area contributed by atoms with Crippen LogP contribution in [0.1, 0.15) is 46.2 Å². The summed E-state index contributed by atoms with van der Waals surface area (Å²) in [6, 6.07) is 8.65. The van der Waals surface area contributed by atoms with Gasteiger partial charge in [-0.05, 0) is 44.0 Å². The number of rotatable bonds is 8. The predicted molar refractivity (Wildman–Crippen MR) is 86.1 cm³/mol. The van der Waals surface area contributed by atoms with E-state index in [1.807, 2.05) is 26.0 Å². The lowest BCUT2D eigenvalue weighted by Crippen LogP contribution is -2.36. The van der Waals surface area contributed by atoms with E-state index in [1.54, 1.807) is 0 Å². The molecule has 0 bridgehead atoms. The number of likely N-dealkylation sites (N-methyl/N-ethyl adjacent to an activating group) is 1. The Kier molecular flexibility index (Phi) is 7.03. The zero-order valence-electron chi connectivity index (χ0n) is 13.6. The minimum atomic E-state index is 0.208. The number of ether oxygens (including phenoxy) is 1. The first-order chi connectivity index (χ1) is 9.47. The summed E-state index contributed by atoms with van der Waals surface area (Å²) in [6.07, 6.45) is 0.208. The third-order valence-electron chi connectivity index (χ3n) is 3.31. The van der Waals surface area contributed by atoms with Gasteiger partial charge in [0.05, 0.1) is 6.10 Å². The maximum atomic E-state index is 6.00. The quantitative estimate of drug-likeness (QED) is 0.791. The van der Waals surface area contributed by atoms with E-state index in [9.17, 15) is 0 Å². The van der Waals surface area contributed by atoms with Gasteiger partial charge in [-0.3, -0.25) is 4.90 Å². The van der Waals surface area contributed by atoms with Gasteiger partial charge in [-0.2, -0.15) is 0 Å².